The molecule has 0 spiro atoms. The number of benzene rings is 1. The lowest BCUT2D eigenvalue weighted by Crippen LogP contribution is -2.59. The molecule has 1 aliphatic heterocycles. The van der Waals surface area contributed by atoms with E-state index >= 15 is 0 Å². The van der Waals surface area contributed by atoms with Crippen LogP contribution < -0.4 is 10.1 Å². The molecular weight excluding hydrogens is 328 g/mol. The number of nitrogens with one attached hydrogen (secondary N) is 1. The number of rotatable bonds is 6. The molecule has 1 N–H and O–H groups in total. The van der Waals surface area contributed by atoms with Gasteiger partial charge in [0.05, 0.1) is 19.3 Å². The summed E-state index contributed by atoms with van der Waals surface area (Å²) < 4.78 is 5.30. The number of hydrogen-bond donors (Lipinski definition) is 1. The maximum Gasteiger partial charge on any atom is 0.272 e. The van der Waals surface area contributed by atoms with Gasteiger partial charge < -0.3 is 10.1 Å². The summed E-state index contributed by atoms with van der Waals surface area (Å²) in [4.78, 5) is 14.8. The van der Waals surface area contributed by atoms with Crippen molar-refractivity contribution >= 4 is 5.91 Å². The van der Waals surface area contributed by atoms with Crippen LogP contribution in [-0.2, 0) is 0 Å². The van der Waals surface area contributed by atoms with Gasteiger partial charge in [-0.15, -0.1) is 5.10 Å². The van der Waals surface area contributed by atoms with E-state index in [1.807, 2.05) is 18.2 Å². The molecule has 1 aliphatic carbocycles. The highest BCUT2D eigenvalue weighted by Crippen LogP contribution is 2.39. The van der Waals surface area contributed by atoms with E-state index in [1.165, 1.54) is 18.4 Å². The molecule has 0 bridgehead atoms. The van der Waals surface area contributed by atoms with Crippen LogP contribution in [0.15, 0.2) is 36.5 Å². The highest BCUT2D eigenvalue weighted by atomic mass is 16.5. The zero-order valence-corrected chi connectivity index (χ0v) is 15.2. The minimum Gasteiger partial charge on any atom is -0.497 e. The molecule has 2 aromatic rings. The number of hydrogen-bond acceptors (Lipinski definition) is 5. The average Bonchev–Trinajstić information content (AvgIpc) is 3.49. The van der Waals surface area contributed by atoms with Crippen LogP contribution in [0, 0.1) is 0 Å². The molecule has 4 rings (SSSR count). The van der Waals surface area contributed by atoms with E-state index in [9.17, 15) is 4.79 Å². The first-order valence-electron chi connectivity index (χ1n) is 9.15. The Balaban J connectivity index is 1.31. The standard InChI is InChI=1S/C20H24N4O2/c1-13(15-4-3-5-18(8-15)26-2)24-11-17(12-24)22-20(25)19-9-16(10-21-23-19)14-6-7-14/h3-5,8-10,13-14,17H,6-7,11-12H2,1-2H3,(H,22,25). The fourth-order valence-electron chi connectivity index (χ4n) is 3.42. The summed E-state index contributed by atoms with van der Waals surface area (Å²) >= 11 is 0. The minimum absolute atomic E-state index is 0.126. The highest BCUT2D eigenvalue weighted by molar-refractivity contribution is 5.92. The Morgan fingerprint density at radius 1 is 1.31 bits per heavy atom. The molecule has 1 aromatic carbocycles. The van der Waals surface area contributed by atoms with Crippen LogP contribution >= 0.6 is 0 Å². The van der Waals surface area contributed by atoms with Crippen molar-refractivity contribution in [2.75, 3.05) is 20.2 Å². The molecule has 6 heteroatoms. The molecule has 1 atom stereocenters. The van der Waals surface area contributed by atoms with Crippen molar-refractivity contribution in [3.63, 3.8) is 0 Å². The van der Waals surface area contributed by atoms with Crippen LogP contribution in [0.4, 0.5) is 0 Å². The van der Waals surface area contributed by atoms with Crippen molar-refractivity contribution in [3.05, 3.63) is 53.3 Å². The molecule has 2 aliphatic rings. The van der Waals surface area contributed by atoms with Crippen LogP contribution in [0.5, 0.6) is 5.75 Å². The molecule has 1 saturated carbocycles. The third-order valence-electron chi connectivity index (χ3n) is 5.33. The fraction of sp³-hybridized carbons (Fsp3) is 0.450. The molecule has 1 saturated heterocycles. The summed E-state index contributed by atoms with van der Waals surface area (Å²) in [6.07, 6.45) is 4.15. The van der Waals surface area contributed by atoms with Gasteiger partial charge in [-0.3, -0.25) is 9.69 Å². The van der Waals surface area contributed by atoms with Crippen LogP contribution in [0.3, 0.4) is 0 Å². The predicted octanol–water partition coefficient (Wildman–Crippen LogP) is 2.54. The fourth-order valence-corrected chi connectivity index (χ4v) is 3.42. The van der Waals surface area contributed by atoms with Gasteiger partial charge in [-0.2, -0.15) is 5.10 Å². The lowest BCUT2D eigenvalue weighted by Gasteiger charge is -2.43. The number of aromatic nitrogens is 2. The van der Waals surface area contributed by atoms with Gasteiger partial charge in [-0.1, -0.05) is 12.1 Å². The first kappa shape index (κ1) is 17.0. The number of carbonyl (C=O) groups excluding carboxylic acids is 1. The maximum atomic E-state index is 12.4. The van der Waals surface area contributed by atoms with Gasteiger partial charge >= 0.3 is 0 Å². The number of nitrogens with zero attached hydrogens (tertiary/aromatic N) is 3. The van der Waals surface area contributed by atoms with Crippen LogP contribution in [0.1, 0.15) is 53.3 Å². The Labute approximate surface area is 153 Å². The number of likely N-dealkylation sites (tertiary alicyclic amines) is 1. The Morgan fingerprint density at radius 2 is 2.12 bits per heavy atom. The first-order chi connectivity index (χ1) is 12.6. The van der Waals surface area contributed by atoms with Crippen molar-refractivity contribution in [2.45, 2.75) is 37.8 Å². The summed E-state index contributed by atoms with van der Waals surface area (Å²) in [5, 5.41) is 11.0. The minimum atomic E-state index is -0.126. The van der Waals surface area contributed by atoms with Crippen molar-refractivity contribution in [1.82, 2.24) is 20.4 Å². The summed E-state index contributed by atoms with van der Waals surface area (Å²) in [5.74, 6) is 1.31. The van der Waals surface area contributed by atoms with Gasteiger partial charge in [0.15, 0.2) is 5.69 Å². The summed E-state index contributed by atoms with van der Waals surface area (Å²) in [5.41, 5.74) is 2.78. The zero-order chi connectivity index (χ0) is 18.1. The van der Waals surface area contributed by atoms with Crippen molar-refractivity contribution in [3.8, 4) is 5.75 Å². The van der Waals surface area contributed by atoms with E-state index in [4.69, 9.17) is 4.74 Å². The first-order valence-corrected chi connectivity index (χ1v) is 9.15. The monoisotopic (exact) mass is 352 g/mol. The van der Waals surface area contributed by atoms with E-state index in [0.29, 0.717) is 11.6 Å². The van der Waals surface area contributed by atoms with Gasteiger partial charge in [-0.25, -0.2) is 0 Å². The SMILES string of the molecule is COc1cccc(C(C)N2CC(NC(=O)c3cc(C4CC4)cnn3)C2)c1. The molecule has 26 heavy (non-hydrogen) atoms. The Bertz CT molecular complexity index is 800. The van der Waals surface area contributed by atoms with Gasteiger partial charge in [0, 0.05) is 19.1 Å². The number of methoxy groups -OCH3 is 1. The number of ether oxygens (including phenoxy) is 1. The maximum absolute atomic E-state index is 12.4. The Hall–Kier alpha value is -2.47. The highest BCUT2D eigenvalue weighted by Gasteiger charge is 2.33. The van der Waals surface area contributed by atoms with Gasteiger partial charge in [0.2, 0.25) is 0 Å². The smallest absolute Gasteiger partial charge is 0.272 e. The van der Waals surface area contributed by atoms with E-state index in [1.54, 1.807) is 13.3 Å². The summed E-state index contributed by atoms with van der Waals surface area (Å²) in [6.45, 7) is 3.84. The van der Waals surface area contributed by atoms with E-state index < -0.39 is 0 Å². The quantitative estimate of drug-likeness (QED) is 0.865. The number of amides is 1. The normalized spacial score (nSPS) is 18.8. The molecule has 1 aromatic heterocycles. The van der Waals surface area contributed by atoms with Crippen molar-refractivity contribution < 1.29 is 9.53 Å². The summed E-state index contributed by atoms with van der Waals surface area (Å²) in [6, 6.07) is 10.5. The van der Waals surface area contributed by atoms with Gasteiger partial charge in [0.1, 0.15) is 5.75 Å². The third kappa shape index (κ3) is 3.55. The summed E-state index contributed by atoms with van der Waals surface area (Å²) in [7, 11) is 1.68. The van der Waals surface area contributed by atoms with Crippen LogP contribution in [0.2, 0.25) is 0 Å². The van der Waals surface area contributed by atoms with Gasteiger partial charge in [-0.05, 0) is 55.0 Å². The lowest BCUT2D eigenvalue weighted by molar-refractivity contribution is 0.0671. The molecular formula is C20H24N4O2. The molecule has 0 radical (unpaired) electrons. The lowest BCUT2D eigenvalue weighted by atomic mass is 10.00. The van der Waals surface area contributed by atoms with Crippen LogP contribution in [0.25, 0.3) is 0 Å². The molecule has 2 fully saturated rings. The second-order valence-corrected chi connectivity index (χ2v) is 7.23. The van der Waals surface area contributed by atoms with Crippen molar-refractivity contribution in [1.29, 1.82) is 0 Å². The molecule has 6 nitrogen and oxygen atoms in total. The van der Waals surface area contributed by atoms with Crippen LogP contribution in [-0.4, -0.2) is 47.2 Å². The third-order valence-corrected chi connectivity index (χ3v) is 5.33. The second-order valence-electron chi connectivity index (χ2n) is 7.23. The largest absolute Gasteiger partial charge is 0.497 e. The van der Waals surface area contributed by atoms with E-state index in [0.717, 1.165) is 24.4 Å². The van der Waals surface area contributed by atoms with Crippen molar-refractivity contribution in [2.24, 2.45) is 0 Å². The molecule has 1 amide bonds. The molecule has 136 valence electrons. The van der Waals surface area contributed by atoms with Gasteiger partial charge in [0.25, 0.3) is 5.91 Å². The zero-order valence-electron chi connectivity index (χ0n) is 15.2. The topological polar surface area (TPSA) is 67.3 Å². The molecule has 1 unspecified atom stereocenters. The second kappa shape index (κ2) is 7.03. The Morgan fingerprint density at radius 3 is 2.85 bits per heavy atom. The number of carbonyl (C=O) groups is 1. The van der Waals surface area contributed by atoms with E-state index in [2.05, 4.69) is 39.5 Å². The average molecular weight is 352 g/mol. The predicted molar refractivity (Wildman–Crippen MR) is 98.2 cm³/mol. The molecule has 2 heterocycles. The Kier molecular flexibility index (Phi) is 4.59. The van der Waals surface area contributed by atoms with E-state index in [-0.39, 0.29) is 18.0 Å².